The van der Waals surface area contributed by atoms with Crippen LogP contribution in [-0.2, 0) is 27.2 Å². The molecule has 0 aromatic rings. The van der Waals surface area contributed by atoms with Gasteiger partial charge >= 0.3 is 20.9 Å². The number of carbonyl (C=O) groups excluding carboxylic acids is 2. The number of hydrogen-bond acceptors (Lipinski definition) is 8. The lowest BCUT2D eigenvalue weighted by molar-refractivity contribution is 0.0623. The largest absolute Gasteiger partial charge is 0.513 e. The third-order valence-corrected chi connectivity index (χ3v) is 16.1. The Kier molecular flexibility index (Phi) is 13.3. The van der Waals surface area contributed by atoms with Gasteiger partial charge in [0, 0.05) is 0 Å². The molecule has 8 nitrogen and oxygen atoms in total. The first-order valence-electron chi connectivity index (χ1n) is 10.6. The summed E-state index contributed by atoms with van der Waals surface area (Å²) in [7, 11) is -6.90. The Hall–Kier alpha value is -1.41. The van der Waals surface area contributed by atoms with Gasteiger partial charge in [0.25, 0.3) is 0 Å². The molecular weight excluding hydrogens is 452 g/mol. The van der Waals surface area contributed by atoms with E-state index in [0.717, 1.165) is 37.8 Å². The lowest BCUT2D eigenvalue weighted by Crippen LogP contribution is -2.57. The monoisotopic (exact) mass is 492 g/mol. The van der Waals surface area contributed by atoms with Crippen LogP contribution in [0.1, 0.15) is 32.6 Å². The molecule has 0 saturated heterocycles. The average Bonchev–Trinajstić information content (AvgIpc) is 2.59. The molecule has 0 aromatic carbocycles. The normalized spacial score (nSPS) is 13.1. The Bertz CT molecular complexity index is 593. The summed E-state index contributed by atoms with van der Waals surface area (Å²) >= 11 is 0. The number of ether oxygens (including phenoxy) is 4. The van der Waals surface area contributed by atoms with Crippen molar-refractivity contribution in [3.8, 4) is 0 Å². The maximum absolute atomic E-state index is 11.8. The minimum atomic E-state index is -2.48. The zero-order valence-electron chi connectivity index (χ0n) is 20.2. The van der Waals surface area contributed by atoms with Crippen LogP contribution in [0.4, 0.5) is 9.59 Å². The van der Waals surface area contributed by atoms with Crippen LogP contribution in [0.2, 0.25) is 45.3 Å². The minimum Gasteiger partial charge on any atom is -0.437 e. The van der Waals surface area contributed by atoms with Crippen LogP contribution in [0, 0.1) is 0 Å². The van der Waals surface area contributed by atoms with E-state index in [4.69, 9.17) is 22.4 Å². The number of hydrogen-bond donors (Lipinski definition) is 0. The molecule has 0 aromatic heterocycles. The molecular formula is C20H40O8Si3. The smallest absolute Gasteiger partial charge is 0.437 e. The van der Waals surface area contributed by atoms with E-state index >= 15 is 0 Å². The number of rotatable bonds is 15. The van der Waals surface area contributed by atoms with Gasteiger partial charge in [-0.3, -0.25) is 0 Å². The third-order valence-electron chi connectivity index (χ3n) is 4.35. The standard InChI is InChI=1S/C20H40O8Si3/c1-10-15-18(26-20(22)24-12-3)30(6,7)28-31(8,9)27-29(4,5)17-14-13-16-25-19(21)23-11-2/h11-12,18H,2-3,10,13-17H2,1,4-9H3. The fourth-order valence-electron chi connectivity index (χ4n) is 3.37. The zero-order chi connectivity index (χ0) is 24.1. The SMILES string of the molecule is C=COC(=O)OCCCC[Si](C)(C)O[Si](C)(C)O[Si](C)(C)C(CCC)OC(=O)OC=C. The van der Waals surface area contributed by atoms with Crippen LogP contribution in [-0.4, -0.2) is 49.8 Å². The van der Waals surface area contributed by atoms with E-state index in [-0.39, 0.29) is 5.73 Å². The fourth-order valence-corrected chi connectivity index (χ4v) is 17.7. The van der Waals surface area contributed by atoms with Crippen molar-refractivity contribution in [1.82, 2.24) is 0 Å². The highest BCUT2D eigenvalue weighted by Crippen LogP contribution is 2.28. The average molecular weight is 493 g/mol. The predicted molar refractivity (Wildman–Crippen MR) is 128 cm³/mol. The maximum atomic E-state index is 11.8. The molecule has 0 rings (SSSR count). The van der Waals surface area contributed by atoms with E-state index in [1.165, 1.54) is 0 Å². The Labute approximate surface area is 190 Å². The van der Waals surface area contributed by atoms with Gasteiger partial charge in [-0.05, 0) is 58.2 Å². The Morgan fingerprint density at radius 1 is 0.903 bits per heavy atom. The van der Waals surface area contributed by atoms with E-state index in [9.17, 15) is 9.59 Å². The lowest BCUT2D eigenvalue weighted by Gasteiger charge is -2.41. The molecule has 0 fully saturated rings. The summed E-state index contributed by atoms with van der Waals surface area (Å²) in [6, 6.07) is 0.912. The molecule has 0 aliphatic rings. The summed E-state index contributed by atoms with van der Waals surface area (Å²) in [6.07, 6.45) is 3.77. The van der Waals surface area contributed by atoms with Gasteiger partial charge in [0.05, 0.1) is 19.1 Å². The van der Waals surface area contributed by atoms with Crippen molar-refractivity contribution in [3.63, 3.8) is 0 Å². The van der Waals surface area contributed by atoms with Crippen molar-refractivity contribution >= 4 is 37.5 Å². The van der Waals surface area contributed by atoms with Crippen molar-refractivity contribution in [2.45, 2.75) is 83.7 Å². The Morgan fingerprint density at radius 2 is 1.48 bits per heavy atom. The molecule has 31 heavy (non-hydrogen) atoms. The van der Waals surface area contributed by atoms with Gasteiger partial charge < -0.3 is 27.2 Å². The van der Waals surface area contributed by atoms with Crippen LogP contribution in [0.5, 0.6) is 0 Å². The molecule has 11 heteroatoms. The van der Waals surface area contributed by atoms with E-state index < -0.39 is 37.5 Å². The van der Waals surface area contributed by atoms with Crippen molar-refractivity contribution in [2.75, 3.05) is 6.61 Å². The number of unbranched alkanes of at least 4 members (excludes halogenated alkanes) is 1. The van der Waals surface area contributed by atoms with Gasteiger partial charge in [0.15, 0.2) is 8.32 Å². The molecule has 180 valence electrons. The van der Waals surface area contributed by atoms with Gasteiger partial charge in [-0.15, -0.1) is 0 Å². The molecule has 0 bridgehead atoms. The highest BCUT2D eigenvalue weighted by atomic mass is 28.5. The highest BCUT2D eigenvalue weighted by Gasteiger charge is 2.44. The second-order valence-corrected chi connectivity index (χ2v) is 21.0. The van der Waals surface area contributed by atoms with Crippen LogP contribution in [0.25, 0.3) is 0 Å². The third kappa shape index (κ3) is 13.6. The van der Waals surface area contributed by atoms with E-state index in [1.54, 1.807) is 0 Å². The van der Waals surface area contributed by atoms with Crippen molar-refractivity contribution < 1.29 is 36.8 Å². The summed E-state index contributed by atoms with van der Waals surface area (Å²) in [5, 5.41) is 0. The predicted octanol–water partition coefficient (Wildman–Crippen LogP) is 6.21. The summed E-state index contributed by atoms with van der Waals surface area (Å²) in [5.41, 5.74) is -0.336. The molecule has 0 spiro atoms. The fraction of sp³-hybridized carbons (Fsp3) is 0.700. The highest BCUT2D eigenvalue weighted by molar-refractivity contribution is 6.88. The summed E-state index contributed by atoms with van der Waals surface area (Å²) in [4.78, 5) is 23.0. The molecule has 0 N–H and O–H groups in total. The molecule has 1 unspecified atom stereocenters. The molecule has 1 atom stereocenters. The van der Waals surface area contributed by atoms with E-state index in [1.807, 2.05) is 33.1 Å². The minimum absolute atomic E-state index is 0.297. The molecule has 0 saturated carbocycles. The first-order valence-corrected chi connectivity index (χ1v) is 19.5. The van der Waals surface area contributed by atoms with Gasteiger partial charge in [-0.1, -0.05) is 32.9 Å². The quantitative estimate of drug-likeness (QED) is 0.115. The van der Waals surface area contributed by atoms with Gasteiger partial charge in [-0.2, -0.15) is 0 Å². The van der Waals surface area contributed by atoms with Gasteiger partial charge in [0.1, 0.15) is 5.73 Å². The van der Waals surface area contributed by atoms with Gasteiger partial charge in [0.2, 0.25) is 8.32 Å². The lowest BCUT2D eigenvalue weighted by atomic mass is 10.4. The number of carbonyl (C=O) groups is 2. The van der Waals surface area contributed by atoms with E-state index in [2.05, 4.69) is 31.0 Å². The summed E-state index contributed by atoms with van der Waals surface area (Å²) in [6.45, 7) is 21.5. The zero-order valence-corrected chi connectivity index (χ0v) is 23.2. The molecule has 0 aliphatic heterocycles. The summed E-state index contributed by atoms with van der Waals surface area (Å²) < 4.78 is 32.8. The van der Waals surface area contributed by atoms with Crippen LogP contribution >= 0.6 is 0 Å². The van der Waals surface area contributed by atoms with Crippen molar-refractivity contribution in [3.05, 3.63) is 25.7 Å². The van der Waals surface area contributed by atoms with Crippen LogP contribution < -0.4 is 0 Å². The van der Waals surface area contributed by atoms with Crippen LogP contribution in [0.15, 0.2) is 25.7 Å². The molecule has 0 radical (unpaired) electrons. The molecule has 0 amide bonds. The summed E-state index contributed by atoms with van der Waals surface area (Å²) in [5.74, 6) is 0. The first kappa shape index (κ1) is 29.6. The van der Waals surface area contributed by atoms with Crippen molar-refractivity contribution in [1.29, 1.82) is 0 Å². The molecule has 0 heterocycles. The van der Waals surface area contributed by atoms with Crippen molar-refractivity contribution in [2.24, 2.45) is 0 Å². The van der Waals surface area contributed by atoms with Gasteiger partial charge in [-0.25, -0.2) is 9.59 Å². The molecule has 0 aliphatic carbocycles. The second kappa shape index (κ2) is 13.9. The first-order chi connectivity index (χ1) is 14.3. The Balaban J connectivity index is 4.79. The topological polar surface area (TPSA) is 89.5 Å². The van der Waals surface area contributed by atoms with E-state index in [0.29, 0.717) is 13.0 Å². The second-order valence-electron chi connectivity index (χ2n) is 8.74. The van der Waals surface area contributed by atoms with Crippen LogP contribution in [0.3, 0.4) is 0 Å². The Morgan fingerprint density at radius 3 is 2.03 bits per heavy atom. The maximum Gasteiger partial charge on any atom is 0.513 e.